The second-order valence-electron chi connectivity index (χ2n) is 3.57. The van der Waals surface area contributed by atoms with E-state index in [4.69, 9.17) is 4.55 Å². The van der Waals surface area contributed by atoms with Gasteiger partial charge in [0.05, 0.1) is 0 Å². The van der Waals surface area contributed by atoms with E-state index in [1.54, 1.807) is 0 Å². The number of hydrogen-bond acceptors (Lipinski definition) is 3. The molecule has 0 aromatic heterocycles. The zero-order valence-electron chi connectivity index (χ0n) is 9.44. The number of hydrogen-bond donors (Lipinski definition) is 1. The highest BCUT2D eigenvalue weighted by molar-refractivity contribution is 7.86. The normalized spacial score (nSPS) is 16.0. The van der Waals surface area contributed by atoms with E-state index in [-0.39, 0.29) is 0 Å². The minimum atomic E-state index is -6.95. The van der Waals surface area contributed by atoms with Crippen LogP contribution < -0.4 is 0 Å². The van der Waals surface area contributed by atoms with Crippen LogP contribution in [0.5, 0.6) is 0 Å². The fourth-order valence-electron chi connectivity index (χ4n) is 0.713. The van der Waals surface area contributed by atoms with Crippen molar-refractivity contribution in [3.05, 3.63) is 0 Å². The van der Waals surface area contributed by atoms with Crippen LogP contribution in [0.3, 0.4) is 0 Å². The van der Waals surface area contributed by atoms with E-state index in [2.05, 4.69) is 4.74 Å². The van der Waals surface area contributed by atoms with Crippen LogP contribution in [0.1, 0.15) is 0 Å². The van der Waals surface area contributed by atoms with Crippen LogP contribution >= 0.6 is 0 Å². The summed E-state index contributed by atoms with van der Waals surface area (Å²) in [6.07, 6.45) is -13.5. The van der Waals surface area contributed by atoms with Gasteiger partial charge in [-0.15, -0.1) is 0 Å². The minimum absolute atomic E-state index is 2.21. The van der Waals surface area contributed by atoms with Crippen molar-refractivity contribution >= 4 is 10.1 Å². The Balaban J connectivity index is 5.39. The fourth-order valence-corrected chi connectivity index (χ4v) is 1.07. The molecule has 0 aliphatic rings. The third-order valence-corrected chi connectivity index (χ3v) is 2.80. The Bertz CT molecular complexity index is 507. The molecule has 0 aromatic rings. The number of rotatable bonds is 6. The number of halogens is 11. The third kappa shape index (κ3) is 3.53. The molecule has 0 radical (unpaired) electrons. The first-order chi connectivity index (χ1) is 9.21. The second-order valence-corrected chi connectivity index (χ2v) is 5.04. The van der Waals surface area contributed by atoms with Crippen LogP contribution in [-0.2, 0) is 14.9 Å². The summed E-state index contributed by atoms with van der Waals surface area (Å²) in [6.45, 7) is -3.63. The predicted octanol–water partition coefficient (Wildman–Crippen LogP) is 2.91. The van der Waals surface area contributed by atoms with Gasteiger partial charge in [0.1, 0.15) is 6.61 Å². The molecule has 0 atom stereocenters. The summed E-state index contributed by atoms with van der Waals surface area (Å²) in [5, 5.41) is -6.58. The van der Waals surface area contributed by atoms with Gasteiger partial charge in [0.25, 0.3) is 0 Å². The molecule has 0 aliphatic carbocycles. The maximum Gasteiger partial charge on any atom is 0.459 e. The van der Waals surface area contributed by atoms with E-state index >= 15 is 0 Å². The molecule has 0 spiro atoms. The highest BCUT2D eigenvalue weighted by atomic mass is 32.2. The van der Waals surface area contributed by atoms with Gasteiger partial charge in [-0.3, -0.25) is 4.55 Å². The van der Waals surface area contributed by atoms with Crippen molar-refractivity contribution in [3.63, 3.8) is 0 Å². The van der Waals surface area contributed by atoms with Crippen molar-refractivity contribution in [3.8, 4) is 0 Å². The molecular weight excluding hydrogens is 377 g/mol. The zero-order valence-corrected chi connectivity index (χ0v) is 10.3. The maximum absolute atomic E-state index is 12.5. The largest absolute Gasteiger partial charge is 0.459 e. The highest BCUT2D eigenvalue weighted by Gasteiger charge is 2.75. The van der Waals surface area contributed by atoms with Gasteiger partial charge in [0.2, 0.25) is 0 Å². The van der Waals surface area contributed by atoms with Crippen molar-refractivity contribution in [2.45, 2.75) is 29.4 Å². The molecule has 16 heteroatoms. The predicted molar refractivity (Wildman–Crippen MR) is 43.3 cm³/mol. The van der Waals surface area contributed by atoms with Crippen molar-refractivity contribution in [2.75, 3.05) is 6.61 Å². The van der Waals surface area contributed by atoms with Gasteiger partial charge in [-0.25, -0.2) is 0 Å². The number of ether oxygens (including phenoxy) is 1. The molecule has 1 N–H and O–H groups in total. The van der Waals surface area contributed by atoms with Crippen molar-refractivity contribution in [1.29, 1.82) is 0 Å². The summed E-state index contributed by atoms with van der Waals surface area (Å²) in [5.74, 6) is -13.4. The van der Waals surface area contributed by atoms with Crippen LogP contribution in [0.4, 0.5) is 48.3 Å². The average molecular weight is 380 g/mol. The van der Waals surface area contributed by atoms with E-state index in [1.807, 2.05) is 0 Å². The van der Waals surface area contributed by atoms with Crippen molar-refractivity contribution in [2.24, 2.45) is 0 Å². The highest BCUT2D eigenvalue weighted by Crippen LogP contribution is 2.48. The quantitative estimate of drug-likeness (QED) is 0.569. The van der Waals surface area contributed by atoms with E-state index in [0.29, 0.717) is 0 Å². The zero-order chi connectivity index (χ0) is 18.4. The molecule has 0 saturated carbocycles. The summed E-state index contributed by atoms with van der Waals surface area (Å²) in [7, 11) is -6.95. The Morgan fingerprint density at radius 2 is 1.18 bits per heavy atom. The first-order valence-corrected chi connectivity index (χ1v) is 5.84. The topological polar surface area (TPSA) is 63.6 Å². The Hall–Kier alpha value is -0.900. The van der Waals surface area contributed by atoms with Crippen LogP contribution in [0.25, 0.3) is 0 Å². The minimum Gasteiger partial charge on any atom is -0.308 e. The molecule has 0 fully saturated rings. The molecule has 4 nitrogen and oxygen atoms in total. The standard InChI is InChI=1S/C6H3F11O4S/c7-2(8,3(9,10)4(11,12)13)1-21-5(14,15)6(16,17)22(18,19)20/h1H2,(H,18,19,20). The van der Waals surface area contributed by atoms with E-state index in [9.17, 15) is 56.7 Å². The summed E-state index contributed by atoms with van der Waals surface area (Å²) in [4.78, 5) is 0. The van der Waals surface area contributed by atoms with E-state index in [0.717, 1.165) is 0 Å². The van der Waals surface area contributed by atoms with Gasteiger partial charge in [0, 0.05) is 0 Å². The lowest BCUT2D eigenvalue weighted by Crippen LogP contribution is -2.57. The SMILES string of the molecule is O=S(=O)(O)C(F)(F)C(F)(F)OCC(F)(F)C(F)(F)C(F)(F)F. The Morgan fingerprint density at radius 3 is 1.45 bits per heavy atom. The van der Waals surface area contributed by atoms with E-state index < -0.39 is 46.1 Å². The van der Waals surface area contributed by atoms with Crippen molar-refractivity contribution < 1.29 is 66.0 Å². The molecule has 0 amide bonds. The first-order valence-electron chi connectivity index (χ1n) is 4.40. The lowest BCUT2D eigenvalue weighted by atomic mass is 10.2. The van der Waals surface area contributed by atoms with Gasteiger partial charge in [-0.1, -0.05) is 0 Å². The average Bonchev–Trinajstić information content (AvgIpc) is 2.23. The summed E-state index contributed by atoms with van der Waals surface area (Å²) >= 11 is 0. The molecule has 0 saturated heterocycles. The Morgan fingerprint density at radius 1 is 0.818 bits per heavy atom. The molecule has 0 rings (SSSR count). The van der Waals surface area contributed by atoms with Crippen LogP contribution in [0.2, 0.25) is 0 Å². The molecule has 0 unspecified atom stereocenters. The molecular formula is C6H3F11O4S. The second kappa shape index (κ2) is 5.33. The lowest BCUT2D eigenvalue weighted by Gasteiger charge is -2.30. The van der Waals surface area contributed by atoms with Gasteiger partial charge >= 0.3 is 39.5 Å². The molecule has 0 aromatic carbocycles. The Labute approximate surface area is 113 Å². The van der Waals surface area contributed by atoms with Crippen LogP contribution in [0, 0.1) is 0 Å². The Kier molecular flexibility index (Phi) is 5.11. The molecule has 0 aliphatic heterocycles. The van der Waals surface area contributed by atoms with E-state index in [1.165, 1.54) is 0 Å². The first kappa shape index (κ1) is 21.1. The van der Waals surface area contributed by atoms with Gasteiger partial charge < -0.3 is 4.74 Å². The molecule has 134 valence electrons. The van der Waals surface area contributed by atoms with Gasteiger partial charge in [0.15, 0.2) is 0 Å². The fraction of sp³-hybridized carbons (Fsp3) is 1.00. The molecule has 22 heavy (non-hydrogen) atoms. The van der Waals surface area contributed by atoms with Gasteiger partial charge in [-0.2, -0.15) is 56.7 Å². The summed E-state index contributed by atoms with van der Waals surface area (Å²) in [5.41, 5.74) is 0. The summed E-state index contributed by atoms with van der Waals surface area (Å²) < 4.78 is 164. The maximum atomic E-state index is 12.5. The number of alkyl halides is 11. The molecule has 0 heterocycles. The van der Waals surface area contributed by atoms with Crippen LogP contribution in [0.15, 0.2) is 0 Å². The van der Waals surface area contributed by atoms with Crippen molar-refractivity contribution in [1.82, 2.24) is 0 Å². The smallest absolute Gasteiger partial charge is 0.308 e. The summed E-state index contributed by atoms with van der Waals surface area (Å²) in [6, 6.07) is 0. The third-order valence-electron chi connectivity index (χ3n) is 1.91. The molecule has 0 bridgehead atoms. The lowest BCUT2D eigenvalue weighted by molar-refractivity contribution is -0.388. The monoisotopic (exact) mass is 380 g/mol. The van der Waals surface area contributed by atoms with Crippen LogP contribution in [-0.4, -0.2) is 49.0 Å². The van der Waals surface area contributed by atoms with Gasteiger partial charge in [-0.05, 0) is 0 Å².